The molecule has 0 saturated heterocycles. The summed E-state index contributed by atoms with van der Waals surface area (Å²) < 4.78 is 5.67. The van der Waals surface area contributed by atoms with Gasteiger partial charge >= 0.3 is 5.97 Å². The number of carbonyl (C=O) groups is 1. The maximum absolute atomic E-state index is 12.5. The first kappa shape index (κ1) is 19.3. The van der Waals surface area contributed by atoms with E-state index in [1.165, 1.54) is 0 Å². The van der Waals surface area contributed by atoms with Gasteiger partial charge in [0.15, 0.2) is 0 Å². The molecular weight excluding hydrogens is 355 g/mol. The van der Waals surface area contributed by atoms with Crippen molar-refractivity contribution in [3.63, 3.8) is 0 Å². The Morgan fingerprint density at radius 2 is 1.19 bits per heavy atom. The summed E-state index contributed by atoms with van der Waals surface area (Å²) in [4.78, 5) is 12.5. The van der Waals surface area contributed by atoms with Crippen molar-refractivity contribution >= 4 is 29.1 Å². The molecule has 138 valence electrons. The highest BCUT2D eigenvalue weighted by molar-refractivity contribution is 7.96. The van der Waals surface area contributed by atoms with Crippen LogP contribution in [0.1, 0.15) is 6.92 Å². The molecule has 3 aromatic carbocycles. The molecule has 0 fully saturated rings. The van der Waals surface area contributed by atoms with Crippen molar-refractivity contribution in [2.45, 2.75) is 12.6 Å². The lowest BCUT2D eigenvalue weighted by molar-refractivity contribution is -0.137. The van der Waals surface area contributed by atoms with Crippen molar-refractivity contribution < 1.29 is 14.6 Å². The molecule has 0 spiro atoms. The van der Waals surface area contributed by atoms with Crippen molar-refractivity contribution in [2.75, 3.05) is 13.2 Å². The third-order valence-electron chi connectivity index (χ3n) is 4.72. The van der Waals surface area contributed by atoms with Gasteiger partial charge in [0.05, 0.1) is 6.61 Å². The van der Waals surface area contributed by atoms with Crippen molar-refractivity contribution in [3.05, 3.63) is 91.0 Å². The summed E-state index contributed by atoms with van der Waals surface area (Å²) in [5.41, 5.74) is -0.662. The van der Waals surface area contributed by atoms with Crippen LogP contribution in [0.4, 0.5) is 0 Å². The SMILES string of the molecule is CCOCC(C(=O)O)[P+](c1ccccc1)(c1ccccc1)c1ccccc1. The Morgan fingerprint density at radius 3 is 1.48 bits per heavy atom. The molecular formula is C23H24O3P+. The molecule has 0 radical (unpaired) electrons. The molecule has 0 aliphatic rings. The van der Waals surface area contributed by atoms with Crippen LogP contribution in [0.5, 0.6) is 0 Å². The number of hydrogen-bond acceptors (Lipinski definition) is 2. The number of rotatable bonds is 8. The third kappa shape index (κ3) is 3.80. The Kier molecular flexibility index (Phi) is 6.39. The summed E-state index contributed by atoms with van der Waals surface area (Å²) >= 11 is 0. The maximum Gasteiger partial charge on any atom is 0.348 e. The minimum atomic E-state index is -2.47. The van der Waals surface area contributed by atoms with Crippen LogP contribution in [0.2, 0.25) is 0 Å². The van der Waals surface area contributed by atoms with E-state index in [1.807, 2.05) is 61.5 Å². The van der Waals surface area contributed by atoms with Gasteiger partial charge in [-0.2, -0.15) is 0 Å². The van der Waals surface area contributed by atoms with E-state index < -0.39 is 18.9 Å². The second-order valence-corrected chi connectivity index (χ2v) is 9.86. The predicted molar refractivity (Wildman–Crippen MR) is 113 cm³/mol. The fourth-order valence-electron chi connectivity index (χ4n) is 3.55. The molecule has 1 N–H and O–H groups in total. The van der Waals surface area contributed by atoms with E-state index >= 15 is 0 Å². The van der Waals surface area contributed by atoms with Crippen LogP contribution in [0.15, 0.2) is 91.0 Å². The fourth-order valence-corrected chi connectivity index (χ4v) is 8.12. The smallest absolute Gasteiger partial charge is 0.348 e. The molecule has 3 rings (SSSR count). The molecule has 0 aliphatic heterocycles. The molecule has 0 amide bonds. The van der Waals surface area contributed by atoms with Gasteiger partial charge in [-0.3, -0.25) is 0 Å². The zero-order valence-corrected chi connectivity index (χ0v) is 16.3. The number of aliphatic carboxylic acids is 1. The minimum Gasteiger partial charge on any atom is -0.478 e. The Bertz CT molecular complexity index is 754. The van der Waals surface area contributed by atoms with Crippen LogP contribution >= 0.6 is 7.26 Å². The lowest BCUT2D eigenvalue weighted by Crippen LogP contribution is -2.44. The quantitative estimate of drug-likeness (QED) is 0.610. The van der Waals surface area contributed by atoms with Crippen LogP contribution < -0.4 is 15.9 Å². The second-order valence-electron chi connectivity index (χ2n) is 6.24. The van der Waals surface area contributed by atoms with Gasteiger partial charge in [-0.1, -0.05) is 54.6 Å². The van der Waals surface area contributed by atoms with E-state index in [1.54, 1.807) is 0 Å². The number of benzene rings is 3. The van der Waals surface area contributed by atoms with Gasteiger partial charge in [0.25, 0.3) is 0 Å². The summed E-state index contributed by atoms with van der Waals surface area (Å²) in [7, 11) is -2.47. The van der Waals surface area contributed by atoms with Gasteiger partial charge in [0.2, 0.25) is 5.66 Å². The highest BCUT2D eigenvalue weighted by atomic mass is 31.2. The van der Waals surface area contributed by atoms with Gasteiger partial charge < -0.3 is 9.84 Å². The topological polar surface area (TPSA) is 46.5 Å². The lowest BCUT2D eigenvalue weighted by Gasteiger charge is -2.32. The van der Waals surface area contributed by atoms with E-state index in [2.05, 4.69) is 36.4 Å². The molecule has 1 unspecified atom stereocenters. The van der Waals surface area contributed by atoms with E-state index in [4.69, 9.17) is 4.74 Å². The van der Waals surface area contributed by atoms with Crippen LogP contribution in [-0.2, 0) is 9.53 Å². The van der Waals surface area contributed by atoms with E-state index in [9.17, 15) is 9.90 Å². The highest BCUT2D eigenvalue weighted by Gasteiger charge is 2.56. The Labute approximate surface area is 161 Å². The minimum absolute atomic E-state index is 0.179. The van der Waals surface area contributed by atoms with Gasteiger partial charge in [-0.05, 0) is 43.3 Å². The molecule has 3 nitrogen and oxygen atoms in total. The summed E-state index contributed by atoms with van der Waals surface area (Å²) in [6, 6.07) is 30.1. The number of ether oxygens (including phenoxy) is 1. The van der Waals surface area contributed by atoms with Gasteiger partial charge in [0, 0.05) is 6.61 Å². The highest BCUT2D eigenvalue weighted by Crippen LogP contribution is 2.59. The van der Waals surface area contributed by atoms with Crippen molar-refractivity contribution in [3.8, 4) is 0 Å². The molecule has 0 aliphatic carbocycles. The Morgan fingerprint density at radius 1 is 0.815 bits per heavy atom. The molecule has 27 heavy (non-hydrogen) atoms. The number of hydrogen-bond donors (Lipinski definition) is 1. The van der Waals surface area contributed by atoms with Crippen molar-refractivity contribution in [1.29, 1.82) is 0 Å². The van der Waals surface area contributed by atoms with E-state index in [-0.39, 0.29) is 6.61 Å². The first-order valence-corrected chi connectivity index (χ1v) is 10.9. The van der Waals surface area contributed by atoms with Gasteiger partial charge in [-0.15, -0.1) is 0 Å². The summed E-state index contributed by atoms with van der Waals surface area (Å²) in [6.07, 6.45) is 0. The van der Waals surface area contributed by atoms with Crippen LogP contribution in [0.3, 0.4) is 0 Å². The molecule has 1 atom stereocenters. The first-order valence-electron chi connectivity index (χ1n) is 9.07. The van der Waals surface area contributed by atoms with Crippen molar-refractivity contribution in [1.82, 2.24) is 0 Å². The zero-order chi connectivity index (χ0) is 19.1. The molecule has 3 aromatic rings. The molecule has 0 heterocycles. The van der Waals surface area contributed by atoms with Gasteiger partial charge in [-0.25, -0.2) is 4.79 Å². The van der Waals surface area contributed by atoms with E-state index in [0.717, 1.165) is 15.9 Å². The van der Waals surface area contributed by atoms with Crippen molar-refractivity contribution in [2.24, 2.45) is 0 Å². The summed E-state index contributed by atoms with van der Waals surface area (Å²) in [5, 5.41) is 13.4. The lowest BCUT2D eigenvalue weighted by atomic mass is 10.3. The molecule has 0 bridgehead atoms. The second kappa shape index (κ2) is 8.94. The van der Waals surface area contributed by atoms with Crippen LogP contribution in [-0.4, -0.2) is 29.9 Å². The number of carboxylic acids is 1. The van der Waals surface area contributed by atoms with E-state index in [0.29, 0.717) is 6.61 Å². The summed E-state index contributed by atoms with van der Waals surface area (Å²) in [6.45, 7) is 2.56. The van der Waals surface area contributed by atoms with Gasteiger partial charge in [0.1, 0.15) is 23.2 Å². The average Bonchev–Trinajstić information content (AvgIpc) is 2.73. The first-order chi connectivity index (χ1) is 13.2. The third-order valence-corrected chi connectivity index (χ3v) is 9.37. The standard InChI is InChI=1S/C23H23O3P/c1-2-26-18-22(23(24)25)27(19-12-6-3-7-13-19,20-14-8-4-9-15-20)21-16-10-5-11-17-21/h3-17,22H,2,18H2,1H3/p+1. The molecule has 0 saturated carbocycles. The Hall–Kier alpha value is -2.48. The average molecular weight is 379 g/mol. The maximum atomic E-state index is 12.5. The predicted octanol–water partition coefficient (Wildman–Crippen LogP) is 3.47. The molecule has 0 aromatic heterocycles. The fraction of sp³-hybridized carbons (Fsp3) is 0.174. The normalized spacial score (nSPS) is 12.5. The van der Waals surface area contributed by atoms with Crippen LogP contribution in [0.25, 0.3) is 0 Å². The summed E-state index contributed by atoms with van der Waals surface area (Å²) in [5.74, 6) is -0.826. The largest absolute Gasteiger partial charge is 0.478 e. The molecule has 4 heteroatoms. The zero-order valence-electron chi connectivity index (χ0n) is 15.4. The number of carboxylic acid groups (broad SMARTS) is 1. The van der Waals surface area contributed by atoms with Crippen LogP contribution in [0, 0.1) is 0 Å². The Balaban J connectivity index is 2.37. The monoisotopic (exact) mass is 379 g/mol.